The Hall–Kier alpha value is -1.51. The summed E-state index contributed by atoms with van der Waals surface area (Å²) in [6, 6.07) is 7.09. The maximum atomic E-state index is 10.8. The number of para-hydroxylation sites is 2. The number of rotatable bonds is 0. The van der Waals surface area contributed by atoms with Gasteiger partial charge in [-0.05, 0) is 6.07 Å². The first-order chi connectivity index (χ1) is 4.88. The van der Waals surface area contributed by atoms with Gasteiger partial charge in [-0.2, -0.15) is 0 Å². The molecule has 0 N–H and O–H groups in total. The molecule has 3 heteroatoms. The van der Waals surface area contributed by atoms with E-state index in [1.807, 2.05) is 6.07 Å². The lowest BCUT2D eigenvalue weighted by Crippen LogP contribution is -2.21. The summed E-state index contributed by atoms with van der Waals surface area (Å²) in [4.78, 5) is 0. The van der Waals surface area contributed by atoms with Gasteiger partial charge in [-0.3, -0.25) is 0 Å². The van der Waals surface area contributed by atoms with Gasteiger partial charge in [0.25, 0.3) is 5.52 Å². The van der Waals surface area contributed by atoms with E-state index in [2.05, 4.69) is 0 Å². The van der Waals surface area contributed by atoms with Crippen LogP contribution in [0.15, 0.2) is 35.1 Å². The van der Waals surface area contributed by atoms with Crippen molar-refractivity contribution in [1.82, 2.24) is 0 Å². The largest absolute Gasteiger partial charge is 0.616 e. The number of hydrogen-bond acceptors (Lipinski definition) is 2. The second-order valence-electron chi connectivity index (χ2n) is 2.02. The SMILES string of the molecule is [O-][n+]1coc2ccccc21. The Bertz CT molecular complexity index is 353. The number of nitrogens with zero attached hydrogens (tertiary/aromatic N) is 1. The second-order valence-corrected chi connectivity index (χ2v) is 2.02. The summed E-state index contributed by atoms with van der Waals surface area (Å²) in [5.74, 6) is 0. The molecule has 2 rings (SSSR count). The summed E-state index contributed by atoms with van der Waals surface area (Å²) in [6.45, 7) is 0. The topological polar surface area (TPSA) is 40.1 Å². The molecule has 2 aromatic rings. The Labute approximate surface area is 57.1 Å². The van der Waals surface area contributed by atoms with E-state index < -0.39 is 0 Å². The van der Waals surface area contributed by atoms with Crippen LogP contribution in [-0.4, -0.2) is 0 Å². The van der Waals surface area contributed by atoms with Crippen LogP contribution in [0.25, 0.3) is 11.1 Å². The zero-order chi connectivity index (χ0) is 6.97. The van der Waals surface area contributed by atoms with Crippen molar-refractivity contribution in [3.63, 3.8) is 0 Å². The first kappa shape index (κ1) is 5.29. The van der Waals surface area contributed by atoms with Crippen LogP contribution in [-0.2, 0) is 0 Å². The molecule has 0 atom stereocenters. The van der Waals surface area contributed by atoms with Crippen molar-refractivity contribution in [1.29, 1.82) is 0 Å². The van der Waals surface area contributed by atoms with Crippen LogP contribution in [0.5, 0.6) is 0 Å². The number of aromatic nitrogens is 1. The Balaban J connectivity index is 2.93. The van der Waals surface area contributed by atoms with Crippen molar-refractivity contribution in [2.45, 2.75) is 0 Å². The van der Waals surface area contributed by atoms with Crippen LogP contribution >= 0.6 is 0 Å². The van der Waals surface area contributed by atoms with Crippen LogP contribution in [0.1, 0.15) is 0 Å². The second kappa shape index (κ2) is 1.73. The van der Waals surface area contributed by atoms with E-state index in [9.17, 15) is 5.21 Å². The molecule has 0 aliphatic carbocycles. The highest BCUT2D eigenvalue weighted by Gasteiger charge is 2.03. The molecule has 10 heavy (non-hydrogen) atoms. The van der Waals surface area contributed by atoms with E-state index in [1.165, 1.54) is 0 Å². The van der Waals surface area contributed by atoms with Gasteiger partial charge < -0.3 is 9.62 Å². The summed E-state index contributed by atoms with van der Waals surface area (Å²) in [7, 11) is 0. The highest BCUT2D eigenvalue weighted by molar-refractivity contribution is 5.67. The molecule has 1 aromatic carbocycles. The fourth-order valence-corrected chi connectivity index (χ4v) is 0.900. The third-order valence-corrected chi connectivity index (χ3v) is 1.38. The van der Waals surface area contributed by atoms with Crippen molar-refractivity contribution in [3.8, 4) is 0 Å². The zero-order valence-corrected chi connectivity index (χ0v) is 5.15. The number of hydrogen-bond donors (Lipinski definition) is 0. The molecule has 0 aliphatic rings. The molecule has 0 bridgehead atoms. The fourth-order valence-electron chi connectivity index (χ4n) is 0.900. The van der Waals surface area contributed by atoms with Gasteiger partial charge in [0, 0.05) is 6.07 Å². The molecule has 0 spiro atoms. The predicted molar refractivity (Wildman–Crippen MR) is 35.2 cm³/mol. The lowest BCUT2D eigenvalue weighted by atomic mass is 10.3. The van der Waals surface area contributed by atoms with Crippen LogP contribution in [0, 0.1) is 5.21 Å². The maximum Gasteiger partial charge on any atom is 0.347 e. The van der Waals surface area contributed by atoms with Crippen LogP contribution in [0.4, 0.5) is 0 Å². The Morgan fingerprint density at radius 2 is 2.10 bits per heavy atom. The molecular formula is C7H5NO2. The molecule has 0 radical (unpaired) electrons. The summed E-state index contributed by atoms with van der Waals surface area (Å²) in [5.41, 5.74) is 1.19. The molecule has 0 saturated carbocycles. The zero-order valence-electron chi connectivity index (χ0n) is 5.15. The minimum Gasteiger partial charge on any atom is -0.616 e. The van der Waals surface area contributed by atoms with Crippen LogP contribution < -0.4 is 4.73 Å². The summed E-state index contributed by atoms with van der Waals surface area (Å²) in [5, 5.41) is 10.8. The van der Waals surface area contributed by atoms with Crippen molar-refractivity contribution in [2.24, 2.45) is 0 Å². The van der Waals surface area contributed by atoms with Gasteiger partial charge >= 0.3 is 6.39 Å². The summed E-state index contributed by atoms with van der Waals surface area (Å²) >= 11 is 0. The number of fused-ring (bicyclic) bond motifs is 1. The van der Waals surface area contributed by atoms with Crippen molar-refractivity contribution >= 4 is 11.1 Å². The van der Waals surface area contributed by atoms with E-state index in [1.54, 1.807) is 18.2 Å². The average molecular weight is 135 g/mol. The molecule has 0 amide bonds. The fraction of sp³-hybridized carbons (Fsp3) is 0. The Kier molecular flexibility index (Phi) is 0.917. The van der Waals surface area contributed by atoms with Gasteiger partial charge in [0.15, 0.2) is 0 Å². The minimum atomic E-state index is 0.572. The summed E-state index contributed by atoms with van der Waals surface area (Å²) < 4.78 is 5.60. The van der Waals surface area contributed by atoms with Crippen molar-refractivity contribution in [3.05, 3.63) is 35.9 Å². The molecule has 3 nitrogen and oxygen atoms in total. The smallest absolute Gasteiger partial charge is 0.347 e. The molecule has 1 heterocycles. The highest BCUT2D eigenvalue weighted by atomic mass is 16.5. The van der Waals surface area contributed by atoms with Crippen molar-refractivity contribution in [2.75, 3.05) is 0 Å². The molecule has 50 valence electrons. The lowest BCUT2D eigenvalue weighted by Gasteiger charge is -1.85. The van der Waals surface area contributed by atoms with Crippen LogP contribution in [0.2, 0.25) is 0 Å². The average Bonchev–Trinajstić information content (AvgIpc) is 2.34. The normalized spacial score (nSPS) is 10.4. The highest BCUT2D eigenvalue weighted by Crippen LogP contribution is 2.07. The monoisotopic (exact) mass is 135 g/mol. The number of benzene rings is 1. The molecule has 0 saturated heterocycles. The van der Waals surface area contributed by atoms with Gasteiger partial charge in [-0.1, -0.05) is 12.1 Å². The quantitative estimate of drug-likeness (QED) is 0.400. The number of oxazole rings is 1. The molecule has 0 fully saturated rings. The van der Waals surface area contributed by atoms with Gasteiger partial charge in [0.2, 0.25) is 5.58 Å². The third-order valence-electron chi connectivity index (χ3n) is 1.38. The minimum absolute atomic E-state index is 0.572. The molecule has 0 unspecified atom stereocenters. The van der Waals surface area contributed by atoms with Gasteiger partial charge in [-0.15, -0.1) is 4.73 Å². The molecular weight excluding hydrogens is 130 g/mol. The van der Waals surface area contributed by atoms with E-state index in [0.29, 0.717) is 15.8 Å². The first-order valence-electron chi connectivity index (χ1n) is 2.93. The van der Waals surface area contributed by atoms with Gasteiger partial charge in [0.1, 0.15) is 0 Å². The standard InChI is InChI=1S/C7H5NO2/c9-8-5-10-7-4-2-1-3-6(7)8/h1-5H. The Morgan fingerprint density at radius 1 is 1.30 bits per heavy atom. The summed E-state index contributed by atoms with van der Waals surface area (Å²) in [6.07, 6.45) is 1.14. The first-order valence-corrected chi connectivity index (χ1v) is 2.93. The van der Waals surface area contributed by atoms with Crippen LogP contribution in [0.3, 0.4) is 0 Å². The maximum absolute atomic E-state index is 10.8. The van der Waals surface area contributed by atoms with Gasteiger partial charge in [-0.25, -0.2) is 0 Å². The van der Waals surface area contributed by atoms with E-state index in [0.717, 1.165) is 6.39 Å². The van der Waals surface area contributed by atoms with E-state index in [-0.39, 0.29) is 0 Å². The van der Waals surface area contributed by atoms with E-state index >= 15 is 0 Å². The molecule has 1 aromatic heterocycles. The lowest BCUT2D eigenvalue weighted by molar-refractivity contribution is -0.582. The molecule has 0 aliphatic heterocycles. The predicted octanol–water partition coefficient (Wildman–Crippen LogP) is 1.07. The third kappa shape index (κ3) is 0.572. The van der Waals surface area contributed by atoms with Gasteiger partial charge in [0.05, 0.1) is 0 Å². The van der Waals surface area contributed by atoms with Crippen molar-refractivity contribution < 1.29 is 9.15 Å². The Morgan fingerprint density at radius 3 is 2.90 bits per heavy atom. The van der Waals surface area contributed by atoms with E-state index in [4.69, 9.17) is 4.42 Å².